The van der Waals surface area contributed by atoms with E-state index >= 15 is 0 Å². The van der Waals surface area contributed by atoms with Crippen LogP contribution in [0, 0.1) is 0 Å². The van der Waals surface area contributed by atoms with Crippen molar-refractivity contribution in [2.24, 2.45) is 0 Å². The van der Waals surface area contributed by atoms with Gasteiger partial charge >= 0.3 is 0 Å². The fourth-order valence-corrected chi connectivity index (χ4v) is 4.64. The Morgan fingerprint density at radius 3 is 2.45 bits per heavy atom. The number of hydrogen-bond donors (Lipinski definition) is 1. The third-order valence-electron chi connectivity index (χ3n) is 4.56. The Balaban J connectivity index is 1.96. The van der Waals surface area contributed by atoms with Crippen LogP contribution in [0.15, 0.2) is 47.4 Å². The highest BCUT2D eigenvalue weighted by molar-refractivity contribution is 7.89. The van der Waals surface area contributed by atoms with Crippen LogP contribution < -0.4 is 0 Å². The fraction of sp³-hybridized carbons (Fsp3) is 0.412. The zero-order valence-electron chi connectivity index (χ0n) is 12.6. The molecule has 4 nitrogen and oxygen atoms in total. The molecule has 118 valence electrons. The van der Waals surface area contributed by atoms with Gasteiger partial charge in [0.25, 0.3) is 0 Å². The molecule has 1 saturated carbocycles. The van der Waals surface area contributed by atoms with Gasteiger partial charge in [-0.05, 0) is 35.7 Å². The van der Waals surface area contributed by atoms with Crippen LogP contribution in [0.2, 0.25) is 0 Å². The maximum Gasteiger partial charge on any atom is 0.243 e. The van der Waals surface area contributed by atoms with Gasteiger partial charge in [-0.25, -0.2) is 8.42 Å². The molecule has 2 aromatic carbocycles. The minimum absolute atomic E-state index is 0.284. The van der Waals surface area contributed by atoms with Crippen molar-refractivity contribution in [2.45, 2.75) is 42.7 Å². The predicted octanol–water partition coefficient (Wildman–Crippen LogP) is 2.76. The van der Waals surface area contributed by atoms with E-state index in [-0.39, 0.29) is 10.9 Å². The summed E-state index contributed by atoms with van der Waals surface area (Å²) >= 11 is 0. The van der Waals surface area contributed by atoms with Gasteiger partial charge in [-0.3, -0.25) is 0 Å². The summed E-state index contributed by atoms with van der Waals surface area (Å²) in [4.78, 5) is 0.284. The number of likely N-dealkylation sites (N-methyl/N-ethyl adjacent to an activating group) is 1. The second-order valence-corrected chi connectivity index (χ2v) is 7.95. The summed E-state index contributed by atoms with van der Waals surface area (Å²) in [7, 11) is -2.02. The number of aliphatic hydroxyl groups excluding tert-OH is 1. The van der Waals surface area contributed by atoms with Crippen molar-refractivity contribution >= 4 is 20.8 Å². The first-order chi connectivity index (χ1) is 10.5. The van der Waals surface area contributed by atoms with Crippen molar-refractivity contribution in [2.75, 3.05) is 7.05 Å². The molecule has 2 atom stereocenters. The molecule has 0 saturated heterocycles. The van der Waals surface area contributed by atoms with Gasteiger partial charge in [-0.2, -0.15) is 4.31 Å². The highest BCUT2D eigenvalue weighted by atomic mass is 32.2. The molecule has 0 bridgehead atoms. The molecule has 0 aliphatic heterocycles. The summed E-state index contributed by atoms with van der Waals surface area (Å²) in [6.07, 6.45) is 2.72. The quantitative estimate of drug-likeness (QED) is 0.946. The van der Waals surface area contributed by atoms with Crippen molar-refractivity contribution in [3.8, 4) is 0 Å². The lowest BCUT2D eigenvalue weighted by molar-refractivity contribution is 0.0638. The Hall–Kier alpha value is -1.43. The van der Waals surface area contributed by atoms with Crippen LogP contribution >= 0.6 is 0 Å². The highest BCUT2D eigenvalue weighted by Gasteiger charge is 2.34. The molecule has 0 aromatic heterocycles. The second kappa shape index (κ2) is 5.99. The minimum Gasteiger partial charge on any atom is -0.391 e. The molecule has 0 radical (unpaired) electrons. The topological polar surface area (TPSA) is 57.6 Å². The fourth-order valence-electron chi connectivity index (χ4n) is 3.19. The molecule has 0 spiro atoms. The van der Waals surface area contributed by atoms with E-state index in [9.17, 15) is 13.5 Å². The highest BCUT2D eigenvalue weighted by Crippen LogP contribution is 2.28. The normalized spacial score (nSPS) is 23.0. The average Bonchev–Trinajstić information content (AvgIpc) is 2.54. The van der Waals surface area contributed by atoms with E-state index in [1.54, 1.807) is 19.2 Å². The first-order valence-electron chi connectivity index (χ1n) is 7.65. The van der Waals surface area contributed by atoms with E-state index in [0.717, 1.165) is 23.6 Å². The van der Waals surface area contributed by atoms with Crippen LogP contribution in [0.3, 0.4) is 0 Å². The van der Waals surface area contributed by atoms with Crippen molar-refractivity contribution < 1.29 is 13.5 Å². The number of nitrogens with zero attached hydrogens (tertiary/aromatic N) is 1. The molecule has 1 aliphatic carbocycles. The third-order valence-corrected chi connectivity index (χ3v) is 6.44. The molecule has 1 N–H and O–H groups in total. The number of hydrogen-bond acceptors (Lipinski definition) is 3. The van der Waals surface area contributed by atoms with Crippen molar-refractivity contribution in [3.05, 3.63) is 42.5 Å². The lowest BCUT2D eigenvalue weighted by atomic mass is 9.93. The third kappa shape index (κ3) is 2.76. The maximum atomic E-state index is 12.8. The number of fused-ring (bicyclic) bond motifs is 1. The van der Waals surface area contributed by atoms with Crippen molar-refractivity contribution in [3.63, 3.8) is 0 Å². The number of benzene rings is 2. The van der Waals surface area contributed by atoms with Crippen LogP contribution in [-0.4, -0.2) is 37.0 Å². The monoisotopic (exact) mass is 319 g/mol. The molecule has 5 heteroatoms. The second-order valence-electron chi connectivity index (χ2n) is 5.95. The van der Waals surface area contributed by atoms with Gasteiger partial charge in [-0.1, -0.05) is 43.2 Å². The molecular weight excluding hydrogens is 298 g/mol. The molecule has 1 fully saturated rings. The molecule has 0 unspecified atom stereocenters. The molecule has 0 amide bonds. The van der Waals surface area contributed by atoms with Gasteiger partial charge in [0.15, 0.2) is 0 Å². The predicted molar refractivity (Wildman–Crippen MR) is 87.2 cm³/mol. The Labute approximate surface area is 131 Å². The number of sulfonamides is 1. The SMILES string of the molecule is CN([C@@H]1CCCC[C@@H]1O)S(=O)(=O)c1ccc2ccccc2c1. The first kappa shape index (κ1) is 15.5. The molecule has 1 aliphatic rings. The summed E-state index contributed by atoms with van der Waals surface area (Å²) in [5.41, 5.74) is 0. The average molecular weight is 319 g/mol. The van der Waals surface area contributed by atoms with Crippen LogP contribution in [0.1, 0.15) is 25.7 Å². The summed E-state index contributed by atoms with van der Waals surface area (Å²) in [6, 6.07) is 12.5. The Kier molecular flexibility index (Phi) is 4.21. The van der Waals surface area contributed by atoms with Crippen LogP contribution in [0.5, 0.6) is 0 Å². The lowest BCUT2D eigenvalue weighted by Gasteiger charge is -2.34. The van der Waals surface area contributed by atoms with Crippen molar-refractivity contribution in [1.82, 2.24) is 4.31 Å². The summed E-state index contributed by atoms with van der Waals surface area (Å²) < 4.78 is 27.0. The lowest BCUT2D eigenvalue weighted by Crippen LogP contribution is -2.46. The van der Waals surface area contributed by atoms with Crippen molar-refractivity contribution in [1.29, 1.82) is 0 Å². The molecular formula is C17H21NO3S. The van der Waals surface area contributed by atoms with Gasteiger partial charge in [-0.15, -0.1) is 0 Å². The summed E-state index contributed by atoms with van der Waals surface area (Å²) in [5.74, 6) is 0. The van der Waals surface area contributed by atoms with E-state index in [0.29, 0.717) is 12.8 Å². The smallest absolute Gasteiger partial charge is 0.243 e. The molecule has 3 rings (SSSR count). The van der Waals surface area contributed by atoms with E-state index in [4.69, 9.17) is 0 Å². The first-order valence-corrected chi connectivity index (χ1v) is 9.09. The van der Waals surface area contributed by atoms with Gasteiger partial charge in [0, 0.05) is 7.05 Å². The van der Waals surface area contributed by atoms with Gasteiger partial charge in [0.2, 0.25) is 10.0 Å². The molecule has 22 heavy (non-hydrogen) atoms. The van der Waals surface area contributed by atoms with Gasteiger partial charge in [0.05, 0.1) is 17.0 Å². The Bertz CT molecular complexity index is 772. The summed E-state index contributed by atoms with van der Waals surface area (Å²) in [5, 5.41) is 12.0. The van der Waals surface area contributed by atoms with E-state index in [1.165, 1.54) is 4.31 Å². The zero-order valence-corrected chi connectivity index (χ0v) is 13.5. The maximum absolute atomic E-state index is 12.8. The minimum atomic E-state index is -3.59. The standard InChI is InChI=1S/C17H21NO3S/c1-18(16-8-4-5-9-17(16)19)22(20,21)15-11-10-13-6-2-3-7-14(13)12-15/h2-3,6-7,10-12,16-17,19H,4-5,8-9H2,1H3/t16-,17+/m1/s1. The van der Waals surface area contributed by atoms with E-state index < -0.39 is 16.1 Å². The van der Waals surface area contributed by atoms with Gasteiger partial charge in [0.1, 0.15) is 0 Å². The van der Waals surface area contributed by atoms with Crippen LogP contribution in [-0.2, 0) is 10.0 Å². The molecule has 0 heterocycles. The van der Waals surface area contributed by atoms with Crippen LogP contribution in [0.25, 0.3) is 10.8 Å². The van der Waals surface area contributed by atoms with Gasteiger partial charge < -0.3 is 5.11 Å². The Morgan fingerprint density at radius 1 is 1.05 bits per heavy atom. The van der Waals surface area contributed by atoms with E-state index in [2.05, 4.69) is 0 Å². The van der Waals surface area contributed by atoms with E-state index in [1.807, 2.05) is 30.3 Å². The largest absolute Gasteiger partial charge is 0.391 e. The number of aliphatic hydroxyl groups is 1. The number of rotatable bonds is 3. The Morgan fingerprint density at radius 2 is 1.73 bits per heavy atom. The zero-order chi connectivity index (χ0) is 15.7. The summed E-state index contributed by atoms with van der Waals surface area (Å²) in [6.45, 7) is 0. The molecule has 2 aromatic rings. The van der Waals surface area contributed by atoms with Crippen LogP contribution in [0.4, 0.5) is 0 Å².